The molecular formula is C12H14FNS. The number of nitrogens with one attached hydrogen (secondary N) is 1. The quantitative estimate of drug-likeness (QED) is 0.842. The second kappa shape index (κ2) is 4.29. The lowest BCUT2D eigenvalue weighted by Gasteiger charge is -2.06. The van der Waals surface area contributed by atoms with Gasteiger partial charge in [-0.15, -0.1) is 11.3 Å². The normalized spacial score (nSPS) is 13.3. The van der Waals surface area contributed by atoms with Crippen molar-refractivity contribution in [3.8, 4) is 0 Å². The van der Waals surface area contributed by atoms with Gasteiger partial charge >= 0.3 is 0 Å². The Bertz CT molecular complexity index is 464. The van der Waals surface area contributed by atoms with Crippen LogP contribution in [0.25, 0.3) is 10.1 Å². The molecule has 1 nitrogen and oxygen atoms in total. The number of likely N-dealkylation sites (N-methyl/N-ethyl adjacent to an activating group) is 1. The van der Waals surface area contributed by atoms with E-state index in [2.05, 4.69) is 18.3 Å². The van der Waals surface area contributed by atoms with Gasteiger partial charge in [0.25, 0.3) is 0 Å². The smallest absolute Gasteiger partial charge is 0.140 e. The van der Waals surface area contributed by atoms with Gasteiger partial charge in [0.05, 0.1) is 4.70 Å². The summed E-state index contributed by atoms with van der Waals surface area (Å²) in [6, 6.07) is 7.75. The van der Waals surface area contributed by atoms with Crippen molar-refractivity contribution in [2.45, 2.75) is 19.4 Å². The van der Waals surface area contributed by atoms with Gasteiger partial charge < -0.3 is 5.32 Å². The molecule has 0 amide bonds. The minimum absolute atomic E-state index is 0.110. The lowest BCUT2D eigenvalue weighted by atomic mass is 10.2. The molecule has 0 saturated carbocycles. The number of halogens is 1. The molecule has 2 rings (SSSR count). The Morgan fingerprint density at radius 2 is 2.27 bits per heavy atom. The molecule has 1 N–H and O–H groups in total. The van der Waals surface area contributed by atoms with Gasteiger partial charge in [0.15, 0.2) is 0 Å². The van der Waals surface area contributed by atoms with Crippen molar-refractivity contribution >= 4 is 21.4 Å². The van der Waals surface area contributed by atoms with Crippen LogP contribution in [0.2, 0.25) is 0 Å². The summed E-state index contributed by atoms with van der Waals surface area (Å²) in [6.45, 7) is 2.13. The molecule has 1 heterocycles. The molecule has 0 radical (unpaired) electrons. The monoisotopic (exact) mass is 223 g/mol. The molecule has 0 fully saturated rings. The molecule has 0 saturated heterocycles. The molecule has 15 heavy (non-hydrogen) atoms. The van der Waals surface area contributed by atoms with Gasteiger partial charge in [0, 0.05) is 10.9 Å². The van der Waals surface area contributed by atoms with Gasteiger partial charge in [-0.2, -0.15) is 0 Å². The van der Waals surface area contributed by atoms with Gasteiger partial charge in [0.2, 0.25) is 0 Å². The molecule has 3 heteroatoms. The van der Waals surface area contributed by atoms with E-state index >= 15 is 0 Å². The highest BCUT2D eigenvalue weighted by atomic mass is 32.1. The van der Waals surface area contributed by atoms with E-state index in [1.54, 1.807) is 17.4 Å². The molecule has 1 atom stereocenters. The topological polar surface area (TPSA) is 12.0 Å². The Morgan fingerprint density at radius 3 is 2.93 bits per heavy atom. The highest BCUT2D eigenvalue weighted by Gasteiger charge is 2.07. The molecule has 0 aliphatic carbocycles. The van der Waals surface area contributed by atoms with Crippen LogP contribution in [0, 0.1) is 5.82 Å². The number of thiophene rings is 1. The first-order valence-electron chi connectivity index (χ1n) is 5.05. The van der Waals surface area contributed by atoms with Crippen LogP contribution in [0.1, 0.15) is 11.8 Å². The highest BCUT2D eigenvalue weighted by Crippen LogP contribution is 2.28. The van der Waals surface area contributed by atoms with E-state index in [4.69, 9.17) is 0 Å². The van der Waals surface area contributed by atoms with Crippen molar-refractivity contribution in [3.05, 3.63) is 35.0 Å². The summed E-state index contributed by atoms with van der Waals surface area (Å²) < 4.78 is 14.2. The number of fused-ring (bicyclic) bond motifs is 1. The molecule has 1 aromatic carbocycles. The first kappa shape index (κ1) is 10.6. The van der Waals surface area contributed by atoms with E-state index in [1.165, 1.54) is 10.9 Å². The summed E-state index contributed by atoms with van der Waals surface area (Å²) in [5, 5.41) is 4.20. The number of rotatable bonds is 3. The predicted molar refractivity (Wildman–Crippen MR) is 64.0 cm³/mol. The van der Waals surface area contributed by atoms with E-state index in [-0.39, 0.29) is 5.82 Å². The Hall–Kier alpha value is -0.930. The lowest BCUT2D eigenvalue weighted by Crippen LogP contribution is -2.22. The SMILES string of the molecule is CNC(C)Cc1cc2cccc(F)c2s1. The van der Waals surface area contributed by atoms with Crippen LogP contribution in [-0.2, 0) is 6.42 Å². The molecule has 0 aliphatic rings. The Labute approximate surface area is 92.9 Å². The Kier molecular flexibility index (Phi) is 3.03. The number of hydrogen-bond donors (Lipinski definition) is 1. The van der Waals surface area contributed by atoms with Gasteiger partial charge in [-0.05, 0) is 37.9 Å². The molecule has 0 aliphatic heterocycles. The van der Waals surface area contributed by atoms with Gasteiger partial charge in [-0.1, -0.05) is 12.1 Å². The second-order valence-corrected chi connectivity index (χ2v) is 4.90. The Balaban J connectivity index is 2.35. The molecule has 1 unspecified atom stereocenters. The summed E-state index contributed by atoms with van der Waals surface area (Å²) in [6.07, 6.45) is 0.954. The summed E-state index contributed by atoms with van der Waals surface area (Å²) in [5.41, 5.74) is 0. The van der Waals surface area contributed by atoms with E-state index < -0.39 is 0 Å². The van der Waals surface area contributed by atoms with Crippen LogP contribution < -0.4 is 5.32 Å². The van der Waals surface area contributed by atoms with Crippen LogP contribution in [0.4, 0.5) is 4.39 Å². The van der Waals surface area contributed by atoms with Crippen LogP contribution in [0.3, 0.4) is 0 Å². The van der Waals surface area contributed by atoms with Gasteiger partial charge in [-0.3, -0.25) is 0 Å². The molecule has 0 bridgehead atoms. The average molecular weight is 223 g/mol. The summed E-state index contributed by atoms with van der Waals surface area (Å²) in [4.78, 5) is 1.23. The van der Waals surface area contributed by atoms with Crippen LogP contribution >= 0.6 is 11.3 Å². The fourth-order valence-electron chi connectivity index (χ4n) is 1.59. The third-order valence-corrected chi connectivity index (χ3v) is 3.73. The fourth-order valence-corrected chi connectivity index (χ4v) is 2.78. The summed E-state index contributed by atoms with van der Waals surface area (Å²) in [5.74, 6) is -0.110. The zero-order chi connectivity index (χ0) is 10.8. The van der Waals surface area contributed by atoms with Gasteiger partial charge in [0.1, 0.15) is 5.82 Å². The van der Waals surface area contributed by atoms with Crippen LogP contribution in [0.15, 0.2) is 24.3 Å². The van der Waals surface area contributed by atoms with E-state index in [0.717, 1.165) is 16.5 Å². The number of benzene rings is 1. The summed E-state index contributed by atoms with van der Waals surface area (Å²) in [7, 11) is 1.94. The van der Waals surface area contributed by atoms with E-state index in [9.17, 15) is 4.39 Å². The average Bonchev–Trinajstić information content (AvgIpc) is 2.62. The van der Waals surface area contributed by atoms with Crippen LogP contribution in [0.5, 0.6) is 0 Å². The standard InChI is InChI=1S/C12H14FNS/c1-8(14-2)6-10-7-9-4-3-5-11(13)12(9)15-10/h3-5,7-8,14H,6H2,1-2H3. The predicted octanol–water partition coefficient (Wildman–Crippen LogP) is 3.19. The Morgan fingerprint density at radius 1 is 1.47 bits per heavy atom. The van der Waals surface area contributed by atoms with Crippen molar-refractivity contribution < 1.29 is 4.39 Å². The first-order valence-corrected chi connectivity index (χ1v) is 5.86. The molecule has 80 valence electrons. The first-order chi connectivity index (χ1) is 7.20. The molecule has 0 spiro atoms. The zero-order valence-electron chi connectivity index (χ0n) is 8.88. The van der Waals surface area contributed by atoms with Gasteiger partial charge in [-0.25, -0.2) is 4.39 Å². The number of hydrogen-bond acceptors (Lipinski definition) is 2. The van der Waals surface area contributed by atoms with E-state index in [1.807, 2.05) is 13.1 Å². The molecular weight excluding hydrogens is 209 g/mol. The van der Waals surface area contributed by atoms with Crippen molar-refractivity contribution in [3.63, 3.8) is 0 Å². The lowest BCUT2D eigenvalue weighted by molar-refractivity contribution is 0.613. The largest absolute Gasteiger partial charge is 0.317 e. The highest BCUT2D eigenvalue weighted by molar-refractivity contribution is 7.19. The zero-order valence-corrected chi connectivity index (χ0v) is 9.70. The van der Waals surface area contributed by atoms with E-state index in [0.29, 0.717) is 6.04 Å². The van der Waals surface area contributed by atoms with Crippen molar-refractivity contribution in [1.29, 1.82) is 0 Å². The third-order valence-electron chi connectivity index (χ3n) is 2.55. The summed E-state index contributed by atoms with van der Waals surface area (Å²) >= 11 is 1.55. The molecule has 2 aromatic rings. The van der Waals surface area contributed by atoms with Crippen molar-refractivity contribution in [1.82, 2.24) is 5.32 Å². The fraction of sp³-hybridized carbons (Fsp3) is 0.333. The van der Waals surface area contributed by atoms with Crippen molar-refractivity contribution in [2.75, 3.05) is 7.05 Å². The maximum atomic E-state index is 13.4. The minimum Gasteiger partial charge on any atom is -0.317 e. The molecule has 1 aromatic heterocycles. The van der Waals surface area contributed by atoms with Crippen LogP contribution in [-0.4, -0.2) is 13.1 Å². The maximum absolute atomic E-state index is 13.4. The second-order valence-electron chi connectivity index (χ2n) is 3.76. The minimum atomic E-state index is -0.110. The van der Waals surface area contributed by atoms with Crippen molar-refractivity contribution in [2.24, 2.45) is 0 Å². The third kappa shape index (κ3) is 2.19. The maximum Gasteiger partial charge on any atom is 0.140 e.